The number of hydrogen-bond acceptors (Lipinski definition) is 1. The van der Waals surface area contributed by atoms with Crippen LogP contribution in [0.15, 0.2) is 40.9 Å². The number of carbonyl (C=O) groups is 1. The SMILES string of the molecule is O=C(NCc1ccc(F)cc1C(F)(F)F)c1ccc(F)cc1Br. The van der Waals surface area contributed by atoms with E-state index in [2.05, 4.69) is 21.2 Å². The fourth-order valence-electron chi connectivity index (χ4n) is 1.91. The molecule has 0 heterocycles. The van der Waals surface area contributed by atoms with Crippen molar-refractivity contribution in [2.75, 3.05) is 0 Å². The van der Waals surface area contributed by atoms with Gasteiger partial charge in [-0.3, -0.25) is 4.79 Å². The van der Waals surface area contributed by atoms with E-state index >= 15 is 0 Å². The number of amides is 1. The number of alkyl halides is 3. The first kappa shape index (κ1) is 17.4. The van der Waals surface area contributed by atoms with Crippen molar-refractivity contribution in [3.05, 3.63) is 69.2 Å². The van der Waals surface area contributed by atoms with Gasteiger partial charge in [-0.1, -0.05) is 6.07 Å². The summed E-state index contributed by atoms with van der Waals surface area (Å²) in [6, 6.07) is 5.52. The molecule has 0 radical (unpaired) electrons. The summed E-state index contributed by atoms with van der Waals surface area (Å²) in [5, 5.41) is 2.29. The predicted octanol–water partition coefficient (Wildman–Crippen LogP) is 4.68. The van der Waals surface area contributed by atoms with Gasteiger partial charge < -0.3 is 5.32 Å². The lowest BCUT2D eigenvalue weighted by molar-refractivity contribution is -0.138. The van der Waals surface area contributed by atoms with E-state index in [0.29, 0.717) is 6.07 Å². The zero-order valence-corrected chi connectivity index (χ0v) is 12.9. The van der Waals surface area contributed by atoms with Gasteiger partial charge in [-0.15, -0.1) is 0 Å². The number of halogens is 6. The molecule has 0 fully saturated rings. The minimum Gasteiger partial charge on any atom is -0.348 e. The molecule has 122 valence electrons. The third-order valence-electron chi connectivity index (χ3n) is 2.99. The van der Waals surface area contributed by atoms with Gasteiger partial charge in [0.05, 0.1) is 11.1 Å². The zero-order valence-electron chi connectivity index (χ0n) is 11.3. The Morgan fingerprint density at radius 2 is 1.65 bits per heavy atom. The van der Waals surface area contributed by atoms with E-state index in [9.17, 15) is 26.7 Å². The molecule has 0 aliphatic heterocycles. The highest BCUT2D eigenvalue weighted by molar-refractivity contribution is 9.10. The van der Waals surface area contributed by atoms with Crippen LogP contribution in [-0.2, 0) is 12.7 Å². The van der Waals surface area contributed by atoms with E-state index in [4.69, 9.17) is 0 Å². The second kappa shape index (κ2) is 6.66. The Morgan fingerprint density at radius 1 is 1.04 bits per heavy atom. The molecule has 0 aromatic heterocycles. The summed E-state index contributed by atoms with van der Waals surface area (Å²) < 4.78 is 64.7. The third-order valence-corrected chi connectivity index (χ3v) is 3.65. The van der Waals surface area contributed by atoms with Gasteiger partial charge in [0.2, 0.25) is 0 Å². The highest BCUT2D eigenvalue weighted by atomic mass is 79.9. The van der Waals surface area contributed by atoms with Gasteiger partial charge in [-0.2, -0.15) is 13.2 Å². The molecule has 0 saturated carbocycles. The maximum absolute atomic E-state index is 13.0. The zero-order chi connectivity index (χ0) is 17.2. The van der Waals surface area contributed by atoms with Gasteiger partial charge in [0.15, 0.2) is 0 Å². The number of nitrogens with one attached hydrogen (secondary N) is 1. The molecule has 0 bridgehead atoms. The molecule has 0 atom stereocenters. The second-order valence-corrected chi connectivity index (χ2v) is 5.46. The average Bonchev–Trinajstić information content (AvgIpc) is 2.44. The lowest BCUT2D eigenvalue weighted by Gasteiger charge is -2.14. The maximum Gasteiger partial charge on any atom is 0.416 e. The van der Waals surface area contributed by atoms with Crippen LogP contribution in [0.1, 0.15) is 21.5 Å². The van der Waals surface area contributed by atoms with Crippen LogP contribution in [0, 0.1) is 11.6 Å². The topological polar surface area (TPSA) is 29.1 Å². The third kappa shape index (κ3) is 4.28. The Morgan fingerprint density at radius 3 is 2.26 bits per heavy atom. The molecule has 2 nitrogen and oxygen atoms in total. The molecule has 2 aromatic carbocycles. The first-order valence-electron chi connectivity index (χ1n) is 6.27. The number of benzene rings is 2. The van der Waals surface area contributed by atoms with Crippen molar-refractivity contribution >= 4 is 21.8 Å². The maximum atomic E-state index is 13.0. The van der Waals surface area contributed by atoms with Crippen molar-refractivity contribution in [3.8, 4) is 0 Å². The molecule has 0 unspecified atom stereocenters. The molecule has 8 heteroatoms. The summed E-state index contributed by atoms with van der Waals surface area (Å²) in [5.74, 6) is -2.27. The first-order chi connectivity index (χ1) is 10.7. The van der Waals surface area contributed by atoms with E-state index in [1.165, 1.54) is 6.07 Å². The predicted molar refractivity (Wildman–Crippen MR) is 76.7 cm³/mol. The van der Waals surface area contributed by atoms with Crippen LogP contribution in [0.4, 0.5) is 22.0 Å². The van der Waals surface area contributed by atoms with Crippen molar-refractivity contribution in [3.63, 3.8) is 0 Å². The molecule has 1 amide bonds. The van der Waals surface area contributed by atoms with E-state index < -0.39 is 35.8 Å². The summed E-state index contributed by atoms with van der Waals surface area (Å²) in [7, 11) is 0. The molecule has 1 N–H and O–H groups in total. The fraction of sp³-hybridized carbons (Fsp3) is 0.133. The highest BCUT2D eigenvalue weighted by Gasteiger charge is 2.33. The Kier molecular flexibility index (Phi) is 5.03. The molecule has 0 saturated heterocycles. The van der Waals surface area contributed by atoms with Crippen molar-refractivity contribution in [2.45, 2.75) is 12.7 Å². The van der Waals surface area contributed by atoms with Crippen LogP contribution in [-0.4, -0.2) is 5.91 Å². The molecule has 2 aromatic rings. The minimum atomic E-state index is -4.74. The summed E-state index contributed by atoms with van der Waals surface area (Å²) in [6.07, 6.45) is -4.74. The smallest absolute Gasteiger partial charge is 0.348 e. The molecule has 23 heavy (non-hydrogen) atoms. The van der Waals surface area contributed by atoms with Crippen molar-refractivity contribution < 1.29 is 26.7 Å². The van der Waals surface area contributed by atoms with Crippen LogP contribution in [0.2, 0.25) is 0 Å². The van der Waals surface area contributed by atoms with Gasteiger partial charge in [-0.05, 0) is 51.8 Å². The van der Waals surface area contributed by atoms with Gasteiger partial charge >= 0.3 is 6.18 Å². The van der Waals surface area contributed by atoms with E-state index in [1.54, 1.807) is 0 Å². The highest BCUT2D eigenvalue weighted by Crippen LogP contribution is 2.32. The standard InChI is InChI=1S/C15H9BrF5NO/c16-13-6-10(18)3-4-11(13)14(23)22-7-8-1-2-9(17)5-12(8)15(19,20)21/h1-6H,7H2,(H,22,23). The van der Waals surface area contributed by atoms with Crippen molar-refractivity contribution in [1.29, 1.82) is 0 Å². The van der Waals surface area contributed by atoms with Gasteiger partial charge in [0, 0.05) is 11.0 Å². The second-order valence-electron chi connectivity index (χ2n) is 4.61. The fourth-order valence-corrected chi connectivity index (χ4v) is 2.44. The number of hydrogen-bond donors (Lipinski definition) is 1. The normalized spacial score (nSPS) is 11.4. The van der Waals surface area contributed by atoms with Crippen LogP contribution in [0.3, 0.4) is 0 Å². The molecule has 0 aliphatic rings. The summed E-state index contributed by atoms with van der Waals surface area (Å²) in [4.78, 5) is 12.0. The van der Waals surface area contributed by atoms with Crippen LogP contribution < -0.4 is 5.32 Å². The summed E-state index contributed by atoms with van der Waals surface area (Å²) in [5.41, 5.74) is -1.36. The van der Waals surface area contributed by atoms with Crippen molar-refractivity contribution in [1.82, 2.24) is 5.32 Å². The largest absolute Gasteiger partial charge is 0.416 e. The Hall–Kier alpha value is -1.96. The summed E-state index contributed by atoms with van der Waals surface area (Å²) >= 11 is 3.00. The Labute approximate surface area is 136 Å². The summed E-state index contributed by atoms with van der Waals surface area (Å²) in [6.45, 7) is -0.447. The Bertz CT molecular complexity index is 745. The molecular formula is C15H9BrF5NO. The van der Waals surface area contributed by atoms with E-state index in [0.717, 1.165) is 24.3 Å². The van der Waals surface area contributed by atoms with E-state index in [-0.39, 0.29) is 15.6 Å². The average molecular weight is 394 g/mol. The van der Waals surface area contributed by atoms with Crippen molar-refractivity contribution in [2.24, 2.45) is 0 Å². The molecular weight excluding hydrogens is 385 g/mol. The molecule has 2 rings (SSSR count). The molecule has 0 spiro atoms. The quantitative estimate of drug-likeness (QED) is 0.753. The first-order valence-corrected chi connectivity index (χ1v) is 7.06. The number of rotatable bonds is 3. The van der Waals surface area contributed by atoms with Gasteiger partial charge in [-0.25, -0.2) is 8.78 Å². The number of carbonyl (C=O) groups excluding carboxylic acids is 1. The van der Waals surface area contributed by atoms with Crippen LogP contribution in [0.25, 0.3) is 0 Å². The molecule has 0 aliphatic carbocycles. The van der Waals surface area contributed by atoms with Gasteiger partial charge in [0.25, 0.3) is 5.91 Å². The van der Waals surface area contributed by atoms with Crippen LogP contribution in [0.5, 0.6) is 0 Å². The van der Waals surface area contributed by atoms with Gasteiger partial charge in [0.1, 0.15) is 11.6 Å². The lowest BCUT2D eigenvalue weighted by atomic mass is 10.1. The Balaban J connectivity index is 2.19. The van der Waals surface area contributed by atoms with Crippen LogP contribution >= 0.6 is 15.9 Å². The minimum absolute atomic E-state index is 0.0714. The van der Waals surface area contributed by atoms with E-state index in [1.807, 2.05) is 0 Å². The lowest BCUT2D eigenvalue weighted by Crippen LogP contribution is -2.25. The monoisotopic (exact) mass is 393 g/mol.